The first-order chi connectivity index (χ1) is 12.9. The van der Waals surface area contributed by atoms with Crippen molar-refractivity contribution in [1.82, 2.24) is 9.78 Å². The summed E-state index contributed by atoms with van der Waals surface area (Å²) in [6, 6.07) is 17.8. The van der Waals surface area contributed by atoms with Crippen molar-refractivity contribution in [2.24, 2.45) is 0 Å². The van der Waals surface area contributed by atoms with Crippen molar-refractivity contribution in [2.75, 3.05) is 11.1 Å². The van der Waals surface area contributed by atoms with Crippen LogP contribution in [-0.2, 0) is 16.4 Å². The normalized spacial score (nSPS) is 11.3. The van der Waals surface area contributed by atoms with Gasteiger partial charge in [-0.25, -0.2) is 13.1 Å². The minimum atomic E-state index is -3.50. The Morgan fingerprint density at radius 1 is 1.07 bits per heavy atom. The first-order valence-corrected chi connectivity index (χ1v) is 10.3. The third-order valence-electron chi connectivity index (χ3n) is 4.17. The Morgan fingerprint density at radius 3 is 2.44 bits per heavy atom. The summed E-state index contributed by atoms with van der Waals surface area (Å²) >= 11 is 0. The summed E-state index contributed by atoms with van der Waals surface area (Å²) in [7, 11) is -3.50. The zero-order chi connectivity index (χ0) is 19.4. The molecule has 3 aromatic rings. The van der Waals surface area contributed by atoms with Gasteiger partial charge >= 0.3 is 0 Å². The van der Waals surface area contributed by atoms with Crippen molar-refractivity contribution in [3.05, 3.63) is 77.5 Å². The Labute approximate surface area is 158 Å². The van der Waals surface area contributed by atoms with Crippen molar-refractivity contribution in [3.63, 3.8) is 0 Å². The van der Waals surface area contributed by atoms with Crippen LogP contribution in [0.5, 0.6) is 0 Å². The van der Waals surface area contributed by atoms with E-state index in [0.717, 1.165) is 11.3 Å². The summed E-state index contributed by atoms with van der Waals surface area (Å²) in [5, 5.41) is 7.23. The minimum absolute atomic E-state index is 0.0378. The van der Waals surface area contributed by atoms with Crippen molar-refractivity contribution in [2.45, 2.75) is 25.3 Å². The predicted octanol–water partition coefficient (Wildman–Crippen LogP) is 3.29. The van der Waals surface area contributed by atoms with E-state index in [4.69, 9.17) is 0 Å². The van der Waals surface area contributed by atoms with E-state index in [1.54, 1.807) is 29.8 Å². The second-order valence-electron chi connectivity index (χ2n) is 6.17. The van der Waals surface area contributed by atoms with Crippen LogP contribution in [0.3, 0.4) is 0 Å². The third kappa shape index (κ3) is 4.25. The van der Waals surface area contributed by atoms with Crippen LogP contribution in [0.1, 0.15) is 28.5 Å². The summed E-state index contributed by atoms with van der Waals surface area (Å²) in [6.45, 7) is 3.90. The van der Waals surface area contributed by atoms with E-state index in [2.05, 4.69) is 10.4 Å². The monoisotopic (exact) mass is 383 g/mol. The van der Waals surface area contributed by atoms with Gasteiger partial charge in [0.2, 0.25) is 0 Å². The molecule has 0 fully saturated rings. The minimum Gasteiger partial charge on any atom is -0.307 e. The highest BCUT2D eigenvalue weighted by Crippen LogP contribution is 2.20. The van der Waals surface area contributed by atoms with E-state index in [-0.39, 0.29) is 16.2 Å². The number of nitrogens with one attached hydrogen (secondary N) is 1. The molecule has 1 aromatic heterocycles. The van der Waals surface area contributed by atoms with Gasteiger partial charge in [-0.15, -0.1) is 0 Å². The molecule has 1 N–H and O–H groups in total. The van der Waals surface area contributed by atoms with E-state index < -0.39 is 15.7 Å². The van der Waals surface area contributed by atoms with Crippen LogP contribution < -0.4 is 5.32 Å². The Kier molecular flexibility index (Phi) is 5.41. The van der Waals surface area contributed by atoms with E-state index in [1.165, 1.54) is 12.1 Å². The lowest BCUT2D eigenvalue weighted by atomic mass is 10.2. The lowest BCUT2D eigenvalue weighted by Gasteiger charge is -2.11. The molecule has 0 saturated carbocycles. The highest BCUT2D eigenvalue weighted by Gasteiger charge is 2.21. The molecule has 1 heterocycles. The molecule has 0 aliphatic carbocycles. The van der Waals surface area contributed by atoms with Gasteiger partial charge in [-0.1, -0.05) is 49.4 Å². The molecule has 1 amide bonds. The number of hydrogen-bond acceptors (Lipinski definition) is 4. The van der Waals surface area contributed by atoms with Crippen LogP contribution in [0.2, 0.25) is 0 Å². The Bertz CT molecular complexity index is 1060. The Hall–Kier alpha value is -2.93. The molecule has 0 bridgehead atoms. The zero-order valence-corrected chi connectivity index (χ0v) is 16.0. The molecule has 0 radical (unpaired) electrons. The first kappa shape index (κ1) is 18.8. The predicted molar refractivity (Wildman–Crippen MR) is 105 cm³/mol. The number of rotatable bonds is 6. The molecule has 0 saturated heterocycles. The molecule has 0 spiro atoms. The molecule has 140 valence electrons. The number of carbonyl (C=O) groups excluding carboxylic acids is 1. The Morgan fingerprint density at radius 2 is 1.74 bits per heavy atom. The van der Waals surface area contributed by atoms with E-state index in [0.29, 0.717) is 12.4 Å². The summed E-state index contributed by atoms with van der Waals surface area (Å²) in [4.78, 5) is 12.8. The fourth-order valence-corrected chi connectivity index (χ4v) is 3.88. The third-order valence-corrected chi connectivity index (χ3v) is 5.95. The zero-order valence-electron chi connectivity index (χ0n) is 15.2. The van der Waals surface area contributed by atoms with Crippen molar-refractivity contribution in [3.8, 4) is 0 Å². The number of hydrogen-bond donors (Lipinski definition) is 1. The van der Waals surface area contributed by atoms with Crippen molar-refractivity contribution < 1.29 is 13.2 Å². The van der Waals surface area contributed by atoms with Crippen LogP contribution in [0.25, 0.3) is 0 Å². The molecule has 0 atom stereocenters. The molecule has 0 aliphatic rings. The van der Waals surface area contributed by atoms with Gasteiger partial charge in [0.1, 0.15) is 5.82 Å². The fourth-order valence-electron chi connectivity index (χ4n) is 2.79. The smallest absolute Gasteiger partial charge is 0.258 e. The SMILES string of the molecule is CCS(=O)(=O)c1ccccc1C(=O)Nc1cc(C)nn1Cc1ccccc1. The van der Waals surface area contributed by atoms with Crippen molar-refractivity contribution >= 4 is 21.6 Å². The average Bonchev–Trinajstić information content (AvgIpc) is 3.01. The van der Waals surface area contributed by atoms with Gasteiger partial charge in [-0.2, -0.15) is 5.10 Å². The van der Waals surface area contributed by atoms with Crippen LogP contribution in [-0.4, -0.2) is 29.9 Å². The number of carbonyl (C=O) groups is 1. The molecule has 27 heavy (non-hydrogen) atoms. The van der Waals surface area contributed by atoms with Gasteiger partial charge in [0.15, 0.2) is 9.84 Å². The molecular weight excluding hydrogens is 362 g/mol. The maximum atomic E-state index is 12.8. The largest absolute Gasteiger partial charge is 0.307 e. The highest BCUT2D eigenvalue weighted by molar-refractivity contribution is 7.91. The molecule has 2 aromatic carbocycles. The van der Waals surface area contributed by atoms with Gasteiger partial charge in [0.05, 0.1) is 28.5 Å². The molecule has 3 rings (SSSR count). The second kappa shape index (κ2) is 7.75. The van der Waals surface area contributed by atoms with Gasteiger partial charge in [-0.05, 0) is 24.6 Å². The summed E-state index contributed by atoms with van der Waals surface area (Å²) in [5.74, 6) is -0.0237. The maximum absolute atomic E-state index is 12.8. The van der Waals surface area contributed by atoms with Crippen LogP contribution in [0, 0.1) is 6.92 Å². The molecular formula is C20H21N3O3S. The van der Waals surface area contributed by atoms with E-state index >= 15 is 0 Å². The molecule has 0 aliphatic heterocycles. The number of aryl methyl sites for hydroxylation is 1. The topological polar surface area (TPSA) is 81.1 Å². The number of anilines is 1. The molecule has 6 nitrogen and oxygen atoms in total. The quantitative estimate of drug-likeness (QED) is 0.708. The highest BCUT2D eigenvalue weighted by atomic mass is 32.2. The van der Waals surface area contributed by atoms with Crippen LogP contribution in [0.4, 0.5) is 5.82 Å². The van der Waals surface area contributed by atoms with Gasteiger partial charge < -0.3 is 5.32 Å². The lowest BCUT2D eigenvalue weighted by Crippen LogP contribution is -2.19. The fraction of sp³-hybridized carbons (Fsp3) is 0.200. The van der Waals surface area contributed by atoms with Crippen LogP contribution in [0.15, 0.2) is 65.6 Å². The molecule has 7 heteroatoms. The standard InChI is InChI=1S/C20H21N3O3S/c1-3-27(25,26)18-12-8-7-11-17(18)20(24)21-19-13-15(2)22-23(19)14-16-9-5-4-6-10-16/h4-13H,3,14H2,1-2H3,(H,21,24). The summed E-state index contributed by atoms with van der Waals surface area (Å²) in [5.41, 5.74) is 1.94. The number of sulfone groups is 1. The van der Waals surface area contributed by atoms with Gasteiger partial charge in [0.25, 0.3) is 5.91 Å². The Balaban J connectivity index is 1.90. The summed E-state index contributed by atoms with van der Waals surface area (Å²) < 4.78 is 26.3. The van der Waals surface area contributed by atoms with E-state index in [1.807, 2.05) is 37.3 Å². The number of nitrogens with zero attached hydrogens (tertiary/aromatic N) is 2. The second-order valence-corrected chi connectivity index (χ2v) is 8.41. The van der Waals surface area contributed by atoms with Crippen molar-refractivity contribution in [1.29, 1.82) is 0 Å². The summed E-state index contributed by atoms with van der Waals surface area (Å²) in [6.07, 6.45) is 0. The molecule has 0 unspecified atom stereocenters. The van der Waals surface area contributed by atoms with Gasteiger partial charge in [0, 0.05) is 6.07 Å². The van der Waals surface area contributed by atoms with Crippen LogP contribution >= 0.6 is 0 Å². The number of aromatic nitrogens is 2. The lowest BCUT2D eigenvalue weighted by molar-refractivity contribution is 0.102. The van der Waals surface area contributed by atoms with E-state index in [9.17, 15) is 13.2 Å². The first-order valence-electron chi connectivity index (χ1n) is 8.62. The maximum Gasteiger partial charge on any atom is 0.258 e. The average molecular weight is 383 g/mol. The number of amides is 1. The van der Waals surface area contributed by atoms with Gasteiger partial charge in [-0.3, -0.25) is 4.79 Å². The number of benzene rings is 2.